The van der Waals surface area contributed by atoms with Crippen molar-refractivity contribution < 1.29 is 13.7 Å². The van der Waals surface area contributed by atoms with Gasteiger partial charge in [-0.15, -0.1) is 0 Å². The molecule has 10 heteroatoms. The molecule has 2 N–H and O–H groups in total. The molecule has 0 aromatic heterocycles. The molecule has 1 aliphatic rings. The zero-order valence-electron chi connectivity index (χ0n) is 26.3. The van der Waals surface area contributed by atoms with Gasteiger partial charge in [0, 0.05) is 36.3 Å². The van der Waals surface area contributed by atoms with E-state index < -0.39 is 10.8 Å². The number of anilines is 1. The quantitative estimate of drug-likeness (QED) is 0.175. The van der Waals surface area contributed by atoms with E-state index in [0.717, 1.165) is 65.7 Å². The van der Waals surface area contributed by atoms with Gasteiger partial charge in [0.1, 0.15) is 11.8 Å². The van der Waals surface area contributed by atoms with Crippen LogP contribution in [0.2, 0.25) is 10.0 Å². The average molecular weight is 678 g/mol. The topological polar surface area (TPSA) is 99.7 Å². The molecule has 1 amide bonds. The molecule has 1 fully saturated rings. The summed E-state index contributed by atoms with van der Waals surface area (Å²) in [6.07, 6.45) is 4.43. The number of nitrogen functional groups attached to an aromatic ring is 1. The molecule has 2 atom stereocenters. The maximum Gasteiger partial charge on any atom is 0.258 e. The van der Waals surface area contributed by atoms with Gasteiger partial charge in [0.25, 0.3) is 5.91 Å². The number of halogens is 2. The summed E-state index contributed by atoms with van der Waals surface area (Å²) < 4.78 is 18.0. The summed E-state index contributed by atoms with van der Waals surface area (Å²) in [5, 5.41) is 12.3. The molecule has 4 aromatic carbocycles. The summed E-state index contributed by atoms with van der Waals surface area (Å²) in [5.41, 5.74) is 9.45. The Kier molecular flexibility index (Phi) is 10.9. The fraction of sp³-hybridized carbons (Fsp3) is 0.333. The van der Waals surface area contributed by atoms with Crippen LogP contribution in [0.1, 0.15) is 58.1 Å². The highest BCUT2D eigenvalue weighted by Crippen LogP contribution is 2.36. The van der Waals surface area contributed by atoms with E-state index in [1.165, 1.54) is 7.11 Å². The van der Waals surface area contributed by atoms with Gasteiger partial charge in [0.05, 0.1) is 39.1 Å². The number of benzene rings is 4. The van der Waals surface area contributed by atoms with Crippen molar-refractivity contribution in [3.05, 3.63) is 99.0 Å². The third kappa shape index (κ3) is 7.34. The lowest BCUT2D eigenvalue weighted by atomic mass is 9.88. The number of piperidine rings is 1. The molecule has 0 saturated carbocycles. The SMILES string of the molecule is COc1c(C#N)cc2ccccc2c1C(=O)N(C)CC(CCN1CCC(c2ccc(N)cc2S(C)=O)CC1)c1ccc(Cl)c(Cl)c1. The van der Waals surface area contributed by atoms with Gasteiger partial charge in [-0.05, 0) is 97.0 Å². The standard InChI is InChI=1S/C36H38Cl2N4O3S/c1-41(36(43)34-30-7-5-4-6-25(30)18-27(21-39)35(34)45-2)22-26(24-8-11-31(37)32(38)19-24)14-17-42-15-12-23(13-16-42)29-10-9-28(40)20-33(29)46(3)44/h4-11,18-20,23,26H,12-17,22,40H2,1-3H3. The van der Waals surface area contributed by atoms with Crippen molar-refractivity contribution in [2.75, 3.05) is 52.3 Å². The summed E-state index contributed by atoms with van der Waals surface area (Å²) in [6.45, 7) is 3.10. The van der Waals surface area contributed by atoms with Gasteiger partial charge in [0.2, 0.25) is 0 Å². The van der Waals surface area contributed by atoms with Crippen LogP contribution in [-0.4, -0.2) is 66.5 Å². The first-order valence-electron chi connectivity index (χ1n) is 15.3. The van der Waals surface area contributed by atoms with Gasteiger partial charge in [0.15, 0.2) is 0 Å². The number of hydrogen-bond donors (Lipinski definition) is 1. The largest absolute Gasteiger partial charge is 0.495 e. The lowest BCUT2D eigenvalue weighted by Gasteiger charge is -2.34. The van der Waals surface area contributed by atoms with Crippen LogP contribution in [-0.2, 0) is 10.8 Å². The van der Waals surface area contributed by atoms with Crippen molar-refractivity contribution >= 4 is 56.4 Å². The van der Waals surface area contributed by atoms with E-state index in [2.05, 4.69) is 11.0 Å². The molecule has 0 bridgehead atoms. The molecule has 7 nitrogen and oxygen atoms in total. The van der Waals surface area contributed by atoms with Crippen LogP contribution in [0.3, 0.4) is 0 Å². The number of nitrogens with two attached hydrogens (primary N) is 1. The predicted molar refractivity (Wildman–Crippen MR) is 188 cm³/mol. The Morgan fingerprint density at radius 2 is 1.85 bits per heavy atom. The number of carbonyl (C=O) groups is 1. The predicted octanol–water partition coefficient (Wildman–Crippen LogP) is 7.47. The monoisotopic (exact) mass is 676 g/mol. The van der Waals surface area contributed by atoms with E-state index in [-0.39, 0.29) is 17.6 Å². The first-order valence-corrected chi connectivity index (χ1v) is 17.6. The zero-order valence-corrected chi connectivity index (χ0v) is 28.6. The van der Waals surface area contributed by atoms with E-state index in [1.54, 1.807) is 30.3 Å². The molecular weight excluding hydrogens is 639 g/mol. The van der Waals surface area contributed by atoms with Crippen LogP contribution < -0.4 is 10.5 Å². The summed E-state index contributed by atoms with van der Waals surface area (Å²) in [4.78, 5) is 19.1. The number of likely N-dealkylation sites (N-methyl/N-ethyl adjacent to an activating group) is 1. The van der Waals surface area contributed by atoms with Gasteiger partial charge < -0.3 is 20.3 Å². The molecule has 4 aromatic rings. The Balaban J connectivity index is 1.34. The number of fused-ring (bicyclic) bond motifs is 1. The molecular formula is C36H38Cl2N4O3S. The van der Waals surface area contributed by atoms with Crippen molar-refractivity contribution in [2.24, 2.45) is 0 Å². The normalized spacial score (nSPS) is 15.3. The maximum absolute atomic E-state index is 14.1. The van der Waals surface area contributed by atoms with Crippen LogP contribution >= 0.6 is 23.2 Å². The minimum atomic E-state index is -1.10. The van der Waals surface area contributed by atoms with E-state index in [9.17, 15) is 14.3 Å². The second kappa shape index (κ2) is 14.9. The van der Waals surface area contributed by atoms with Crippen molar-refractivity contribution in [3.8, 4) is 11.8 Å². The summed E-state index contributed by atoms with van der Waals surface area (Å²) in [5.74, 6) is 0.371. The molecule has 1 saturated heterocycles. The number of likely N-dealkylation sites (tertiary alicyclic amines) is 1. The Morgan fingerprint density at radius 3 is 2.52 bits per heavy atom. The molecule has 2 unspecified atom stereocenters. The van der Waals surface area contributed by atoms with Crippen molar-refractivity contribution in [3.63, 3.8) is 0 Å². The molecule has 240 valence electrons. The Labute approximate surface area is 283 Å². The maximum atomic E-state index is 14.1. The fourth-order valence-corrected chi connectivity index (χ4v) is 7.69. The van der Waals surface area contributed by atoms with Gasteiger partial charge in [-0.2, -0.15) is 5.26 Å². The number of rotatable bonds is 10. The van der Waals surface area contributed by atoms with E-state index in [0.29, 0.717) is 39.3 Å². The lowest BCUT2D eigenvalue weighted by molar-refractivity contribution is 0.0780. The highest BCUT2D eigenvalue weighted by molar-refractivity contribution is 7.84. The summed E-state index contributed by atoms with van der Waals surface area (Å²) in [6, 6.07) is 22.9. The Bertz CT molecular complexity index is 1820. The first-order chi connectivity index (χ1) is 22.1. The van der Waals surface area contributed by atoms with Crippen LogP contribution in [0.25, 0.3) is 10.8 Å². The van der Waals surface area contributed by atoms with Crippen molar-refractivity contribution in [2.45, 2.75) is 36.0 Å². The molecule has 1 aliphatic heterocycles. The third-order valence-electron chi connectivity index (χ3n) is 8.96. The van der Waals surface area contributed by atoms with Crippen LogP contribution in [0.15, 0.2) is 71.6 Å². The third-order valence-corrected chi connectivity index (χ3v) is 10.7. The minimum Gasteiger partial charge on any atom is -0.495 e. The van der Waals surface area contributed by atoms with Gasteiger partial charge in [-0.1, -0.05) is 59.6 Å². The van der Waals surface area contributed by atoms with Crippen LogP contribution in [0.5, 0.6) is 5.75 Å². The van der Waals surface area contributed by atoms with E-state index in [4.69, 9.17) is 33.7 Å². The number of amides is 1. The van der Waals surface area contributed by atoms with Gasteiger partial charge >= 0.3 is 0 Å². The Morgan fingerprint density at radius 1 is 1.11 bits per heavy atom. The number of nitrogens with zero attached hydrogens (tertiary/aromatic N) is 3. The summed E-state index contributed by atoms with van der Waals surface area (Å²) in [7, 11) is 2.17. The number of carbonyl (C=O) groups excluding carboxylic acids is 1. The fourth-order valence-electron chi connectivity index (χ4n) is 6.51. The first kappa shape index (κ1) is 33.7. The molecule has 1 heterocycles. The number of hydrogen-bond acceptors (Lipinski definition) is 6. The smallest absolute Gasteiger partial charge is 0.258 e. The van der Waals surface area contributed by atoms with Crippen molar-refractivity contribution in [1.29, 1.82) is 5.26 Å². The highest BCUT2D eigenvalue weighted by Gasteiger charge is 2.28. The second-order valence-electron chi connectivity index (χ2n) is 11.9. The average Bonchev–Trinajstić information content (AvgIpc) is 3.06. The van der Waals surface area contributed by atoms with Crippen molar-refractivity contribution in [1.82, 2.24) is 9.80 Å². The van der Waals surface area contributed by atoms with E-state index >= 15 is 0 Å². The molecule has 0 radical (unpaired) electrons. The second-order valence-corrected chi connectivity index (χ2v) is 14.0. The molecule has 0 spiro atoms. The van der Waals surface area contributed by atoms with Gasteiger partial charge in [-0.25, -0.2) is 0 Å². The zero-order chi connectivity index (χ0) is 33.0. The number of methoxy groups -OCH3 is 1. The molecule has 0 aliphatic carbocycles. The Hall–Kier alpha value is -3.61. The van der Waals surface area contributed by atoms with Crippen LogP contribution in [0.4, 0.5) is 5.69 Å². The van der Waals surface area contributed by atoms with E-state index in [1.807, 2.05) is 54.6 Å². The molecule has 5 rings (SSSR count). The number of ether oxygens (including phenoxy) is 1. The minimum absolute atomic E-state index is 0.0240. The lowest BCUT2D eigenvalue weighted by Crippen LogP contribution is -2.36. The summed E-state index contributed by atoms with van der Waals surface area (Å²) >= 11 is 12.7. The van der Waals surface area contributed by atoms with Crippen LogP contribution in [0, 0.1) is 11.3 Å². The number of nitriles is 1. The van der Waals surface area contributed by atoms with Gasteiger partial charge in [-0.3, -0.25) is 9.00 Å². The molecule has 46 heavy (non-hydrogen) atoms. The highest BCUT2D eigenvalue weighted by atomic mass is 35.5.